The molecule has 1 aliphatic heterocycles. The zero-order chi connectivity index (χ0) is 11.8. The van der Waals surface area contributed by atoms with Crippen molar-refractivity contribution >= 4 is 21.4 Å². The van der Waals surface area contributed by atoms with Crippen molar-refractivity contribution in [2.24, 2.45) is 5.73 Å². The fourth-order valence-corrected chi connectivity index (χ4v) is 3.72. The molecular formula is C13H17N3S. The molecule has 2 aromatic heterocycles. The molecule has 0 spiro atoms. The van der Waals surface area contributed by atoms with E-state index in [-0.39, 0.29) is 0 Å². The van der Waals surface area contributed by atoms with Gasteiger partial charge in [0.05, 0.1) is 0 Å². The quantitative estimate of drug-likeness (QED) is 0.841. The Kier molecular flexibility index (Phi) is 2.86. The summed E-state index contributed by atoms with van der Waals surface area (Å²) in [6.45, 7) is 1.10. The number of pyridine rings is 1. The van der Waals surface area contributed by atoms with E-state index in [0.29, 0.717) is 12.1 Å². The van der Waals surface area contributed by atoms with E-state index < -0.39 is 0 Å². The molecule has 1 aliphatic rings. The summed E-state index contributed by atoms with van der Waals surface area (Å²) in [6, 6.07) is 5.19. The molecule has 0 amide bonds. The van der Waals surface area contributed by atoms with Crippen LogP contribution in [0.3, 0.4) is 0 Å². The maximum Gasteiger partial charge on any atom is 0.0453 e. The van der Waals surface area contributed by atoms with Crippen molar-refractivity contribution in [3.05, 3.63) is 29.4 Å². The van der Waals surface area contributed by atoms with Crippen LogP contribution in [0.1, 0.15) is 23.8 Å². The first-order valence-electron chi connectivity index (χ1n) is 6.03. The summed E-state index contributed by atoms with van der Waals surface area (Å²) < 4.78 is 1.32. The van der Waals surface area contributed by atoms with E-state index in [1.54, 1.807) is 0 Å². The highest BCUT2D eigenvalue weighted by molar-refractivity contribution is 7.19. The Morgan fingerprint density at radius 2 is 2.41 bits per heavy atom. The summed E-state index contributed by atoms with van der Waals surface area (Å²) in [4.78, 5) is 8.01. The van der Waals surface area contributed by atoms with E-state index in [2.05, 4.69) is 29.1 Å². The Morgan fingerprint density at radius 1 is 1.53 bits per heavy atom. The molecular weight excluding hydrogens is 230 g/mol. The van der Waals surface area contributed by atoms with Crippen LogP contribution in [0.4, 0.5) is 0 Å². The Hall–Kier alpha value is -0.970. The summed E-state index contributed by atoms with van der Waals surface area (Å²) in [5.74, 6) is 0. The molecule has 1 saturated heterocycles. The molecule has 2 aromatic rings. The fraction of sp³-hybridized carbons (Fsp3) is 0.462. The van der Waals surface area contributed by atoms with Crippen LogP contribution in [0.25, 0.3) is 10.1 Å². The molecule has 2 N–H and O–H groups in total. The number of likely N-dealkylation sites (tertiary alicyclic amines) is 1. The molecule has 0 bridgehead atoms. The van der Waals surface area contributed by atoms with Gasteiger partial charge in [0.1, 0.15) is 0 Å². The number of aromatic nitrogens is 1. The largest absolute Gasteiger partial charge is 0.328 e. The van der Waals surface area contributed by atoms with Crippen LogP contribution in [0.5, 0.6) is 0 Å². The molecule has 2 unspecified atom stereocenters. The number of hydrogen-bond acceptors (Lipinski definition) is 4. The monoisotopic (exact) mass is 247 g/mol. The Morgan fingerprint density at radius 3 is 3.24 bits per heavy atom. The third-order valence-corrected chi connectivity index (χ3v) is 4.79. The van der Waals surface area contributed by atoms with Gasteiger partial charge in [0.25, 0.3) is 0 Å². The third-order valence-electron chi connectivity index (χ3n) is 3.57. The highest BCUT2D eigenvalue weighted by Crippen LogP contribution is 2.36. The molecule has 0 saturated carbocycles. The van der Waals surface area contributed by atoms with Crippen molar-refractivity contribution in [2.75, 3.05) is 13.6 Å². The topological polar surface area (TPSA) is 42.1 Å². The van der Waals surface area contributed by atoms with Gasteiger partial charge in [-0.1, -0.05) is 0 Å². The highest BCUT2D eigenvalue weighted by Gasteiger charge is 2.26. The number of fused-ring (bicyclic) bond motifs is 1. The molecule has 3 nitrogen and oxygen atoms in total. The van der Waals surface area contributed by atoms with Crippen molar-refractivity contribution in [2.45, 2.75) is 24.9 Å². The van der Waals surface area contributed by atoms with Gasteiger partial charge in [-0.3, -0.25) is 9.88 Å². The summed E-state index contributed by atoms with van der Waals surface area (Å²) >= 11 is 1.87. The molecule has 0 radical (unpaired) electrons. The molecule has 2 atom stereocenters. The molecule has 1 fully saturated rings. The molecule has 0 aliphatic carbocycles. The first-order valence-corrected chi connectivity index (χ1v) is 6.85. The average Bonchev–Trinajstić information content (AvgIpc) is 2.75. The molecule has 90 valence electrons. The molecule has 3 rings (SSSR count). The fourth-order valence-electron chi connectivity index (χ4n) is 2.51. The summed E-state index contributed by atoms with van der Waals surface area (Å²) in [5.41, 5.74) is 6.08. The van der Waals surface area contributed by atoms with E-state index in [4.69, 9.17) is 5.73 Å². The van der Waals surface area contributed by atoms with Gasteiger partial charge in [0.2, 0.25) is 0 Å². The molecule has 0 aromatic carbocycles. The molecule has 4 heteroatoms. The highest BCUT2D eigenvalue weighted by atomic mass is 32.1. The lowest BCUT2D eigenvalue weighted by molar-refractivity contribution is 0.174. The summed E-state index contributed by atoms with van der Waals surface area (Å²) in [7, 11) is 2.19. The lowest BCUT2D eigenvalue weighted by Gasteiger charge is -2.35. The average molecular weight is 247 g/mol. The van der Waals surface area contributed by atoms with Crippen LogP contribution in [-0.2, 0) is 0 Å². The maximum absolute atomic E-state index is 6.08. The van der Waals surface area contributed by atoms with Crippen LogP contribution < -0.4 is 5.73 Å². The van der Waals surface area contributed by atoms with Crippen molar-refractivity contribution < 1.29 is 0 Å². The molecule has 3 heterocycles. The minimum absolute atomic E-state index is 0.347. The third kappa shape index (κ3) is 2.08. The number of hydrogen-bond donors (Lipinski definition) is 1. The summed E-state index contributed by atoms with van der Waals surface area (Å²) in [5, 5.41) is 1.25. The first kappa shape index (κ1) is 11.1. The standard InChI is InChI=1S/C13H17N3S/c1-16-5-3-10(14)7-11(16)13-6-9-8-15-4-2-12(9)17-13/h2,4,6,8,10-11H,3,5,7,14H2,1H3. The van der Waals surface area contributed by atoms with Gasteiger partial charge >= 0.3 is 0 Å². The van der Waals surface area contributed by atoms with Crippen LogP contribution in [-0.4, -0.2) is 29.5 Å². The van der Waals surface area contributed by atoms with Crippen LogP contribution >= 0.6 is 11.3 Å². The minimum Gasteiger partial charge on any atom is -0.328 e. The molecule has 17 heavy (non-hydrogen) atoms. The van der Waals surface area contributed by atoms with E-state index in [9.17, 15) is 0 Å². The van der Waals surface area contributed by atoms with Gasteiger partial charge in [0, 0.05) is 39.4 Å². The van der Waals surface area contributed by atoms with Gasteiger partial charge in [0.15, 0.2) is 0 Å². The Balaban J connectivity index is 1.96. The number of piperidine rings is 1. The van der Waals surface area contributed by atoms with Crippen LogP contribution in [0, 0.1) is 0 Å². The number of nitrogens with two attached hydrogens (primary N) is 1. The van der Waals surface area contributed by atoms with Crippen molar-refractivity contribution in [1.82, 2.24) is 9.88 Å². The second kappa shape index (κ2) is 4.37. The van der Waals surface area contributed by atoms with Crippen LogP contribution in [0.15, 0.2) is 24.5 Å². The number of thiophene rings is 1. The predicted molar refractivity (Wildman–Crippen MR) is 72.2 cm³/mol. The van der Waals surface area contributed by atoms with Gasteiger partial charge in [-0.2, -0.15) is 0 Å². The van der Waals surface area contributed by atoms with E-state index >= 15 is 0 Å². The van der Waals surface area contributed by atoms with Crippen molar-refractivity contribution in [3.8, 4) is 0 Å². The zero-order valence-electron chi connectivity index (χ0n) is 9.97. The minimum atomic E-state index is 0.347. The Bertz CT molecular complexity index is 489. The van der Waals surface area contributed by atoms with E-state index in [0.717, 1.165) is 19.4 Å². The van der Waals surface area contributed by atoms with E-state index in [1.165, 1.54) is 15.0 Å². The van der Waals surface area contributed by atoms with Gasteiger partial charge in [-0.05, 0) is 38.6 Å². The first-order chi connectivity index (χ1) is 8.24. The summed E-state index contributed by atoms with van der Waals surface area (Å²) in [6.07, 6.45) is 5.98. The second-order valence-corrected chi connectivity index (χ2v) is 5.96. The van der Waals surface area contributed by atoms with Gasteiger partial charge in [-0.15, -0.1) is 11.3 Å². The maximum atomic E-state index is 6.08. The predicted octanol–water partition coefficient (Wildman–Crippen LogP) is 2.39. The zero-order valence-corrected chi connectivity index (χ0v) is 10.8. The number of rotatable bonds is 1. The van der Waals surface area contributed by atoms with Gasteiger partial charge < -0.3 is 5.73 Å². The van der Waals surface area contributed by atoms with Crippen molar-refractivity contribution in [3.63, 3.8) is 0 Å². The van der Waals surface area contributed by atoms with Crippen LogP contribution in [0.2, 0.25) is 0 Å². The normalized spacial score (nSPS) is 26.5. The second-order valence-electron chi connectivity index (χ2n) is 4.84. The van der Waals surface area contributed by atoms with Crippen molar-refractivity contribution in [1.29, 1.82) is 0 Å². The SMILES string of the molecule is CN1CCC(N)CC1c1cc2cnccc2s1. The Labute approximate surface area is 105 Å². The smallest absolute Gasteiger partial charge is 0.0453 e. The van der Waals surface area contributed by atoms with E-state index in [1.807, 2.05) is 23.7 Å². The lowest BCUT2D eigenvalue weighted by Crippen LogP contribution is -2.39. The van der Waals surface area contributed by atoms with Gasteiger partial charge in [-0.25, -0.2) is 0 Å². The lowest BCUT2D eigenvalue weighted by atomic mass is 9.97. The number of nitrogens with zero attached hydrogens (tertiary/aromatic N) is 2.